The van der Waals surface area contributed by atoms with Gasteiger partial charge >= 0.3 is 0 Å². The highest BCUT2D eigenvalue weighted by Gasteiger charge is 2.12. The van der Waals surface area contributed by atoms with Crippen molar-refractivity contribution in [1.29, 1.82) is 0 Å². The Morgan fingerprint density at radius 2 is 1.18 bits per heavy atom. The minimum absolute atomic E-state index is 0.327. The summed E-state index contributed by atoms with van der Waals surface area (Å²) in [6.07, 6.45) is 0. The number of hydrogen-bond donors (Lipinski definition) is 2. The van der Waals surface area contributed by atoms with E-state index in [1.807, 2.05) is 17.5 Å². The van der Waals surface area contributed by atoms with Crippen molar-refractivity contribution in [2.75, 3.05) is 10.6 Å². The van der Waals surface area contributed by atoms with Crippen LogP contribution in [-0.2, 0) is 0 Å². The van der Waals surface area contributed by atoms with Crippen LogP contribution in [0.2, 0.25) is 20.1 Å². The Bertz CT molecular complexity index is 1320. The fourth-order valence-electron chi connectivity index (χ4n) is 2.93. The monoisotopic (exact) mass is 535 g/mol. The maximum Gasteiger partial charge on any atom is 0.257 e. The van der Waals surface area contributed by atoms with Gasteiger partial charge in [-0.3, -0.25) is 14.9 Å². The van der Waals surface area contributed by atoms with Crippen LogP contribution >= 0.6 is 57.7 Å². The molecule has 0 aliphatic rings. The van der Waals surface area contributed by atoms with Crippen LogP contribution in [0.5, 0.6) is 0 Å². The zero-order valence-electron chi connectivity index (χ0n) is 16.5. The molecular formula is C23H13Cl4N3O2S. The second-order valence-electron chi connectivity index (χ2n) is 6.84. The summed E-state index contributed by atoms with van der Waals surface area (Å²) in [6.45, 7) is 0. The topological polar surface area (TPSA) is 71.1 Å². The van der Waals surface area contributed by atoms with Gasteiger partial charge in [0.05, 0.1) is 5.69 Å². The van der Waals surface area contributed by atoms with Crippen LogP contribution in [-0.4, -0.2) is 16.8 Å². The van der Waals surface area contributed by atoms with Crippen LogP contribution in [0, 0.1) is 0 Å². The van der Waals surface area contributed by atoms with Gasteiger partial charge in [-0.05, 0) is 48.5 Å². The number of carbonyl (C=O) groups excluding carboxylic acids is 2. The highest BCUT2D eigenvalue weighted by atomic mass is 35.5. The Labute approximate surface area is 213 Å². The Hall–Kier alpha value is -2.61. The molecule has 0 saturated heterocycles. The molecule has 0 saturated carbocycles. The van der Waals surface area contributed by atoms with E-state index in [1.54, 1.807) is 36.4 Å². The van der Waals surface area contributed by atoms with Crippen molar-refractivity contribution < 1.29 is 9.59 Å². The number of rotatable bonds is 5. The molecule has 3 aromatic carbocycles. The van der Waals surface area contributed by atoms with Crippen LogP contribution < -0.4 is 10.6 Å². The normalized spacial score (nSPS) is 10.7. The molecule has 166 valence electrons. The number of aromatic nitrogens is 1. The zero-order chi connectivity index (χ0) is 23.5. The van der Waals surface area contributed by atoms with Crippen LogP contribution in [0.3, 0.4) is 0 Å². The van der Waals surface area contributed by atoms with Gasteiger partial charge in [-0.25, -0.2) is 4.98 Å². The second-order valence-corrected chi connectivity index (χ2v) is 9.44. The zero-order valence-corrected chi connectivity index (χ0v) is 20.4. The van der Waals surface area contributed by atoms with Crippen LogP contribution in [0.25, 0.3) is 11.3 Å². The first-order chi connectivity index (χ1) is 15.8. The first-order valence-electron chi connectivity index (χ1n) is 9.38. The molecule has 0 spiro atoms. The van der Waals surface area contributed by atoms with Gasteiger partial charge in [-0.2, -0.15) is 0 Å². The van der Waals surface area contributed by atoms with E-state index in [0.29, 0.717) is 47.7 Å². The Morgan fingerprint density at radius 1 is 0.697 bits per heavy atom. The largest absolute Gasteiger partial charge is 0.322 e. The highest BCUT2D eigenvalue weighted by molar-refractivity contribution is 7.14. The van der Waals surface area contributed by atoms with E-state index in [2.05, 4.69) is 15.6 Å². The van der Waals surface area contributed by atoms with Gasteiger partial charge in [0, 0.05) is 47.8 Å². The van der Waals surface area contributed by atoms with E-state index < -0.39 is 0 Å². The molecule has 0 radical (unpaired) electrons. The van der Waals surface area contributed by atoms with Crippen LogP contribution in [0.15, 0.2) is 66.0 Å². The number of halogens is 4. The first-order valence-corrected chi connectivity index (χ1v) is 11.8. The molecule has 5 nitrogen and oxygen atoms in total. The minimum atomic E-state index is -0.362. The maximum atomic E-state index is 12.5. The molecule has 2 amide bonds. The van der Waals surface area contributed by atoms with Gasteiger partial charge in [-0.15, -0.1) is 11.3 Å². The summed E-state index contributed by atoms with van der Waals surface area (Å²) in [7, 11) is 0. The first kappa shape index (κ1) is 23.5. The fraction of sp³-hybridized carbons (Fsp3) is 0. The molecule has 0 fully saturated rings. The van der Waals surface area contributed by atoms with Crippen molar-refractivity contribution in [2.45, 2.75) is 0 Å². The minimum Gasteiger partial charge on any atom is -0.322 e. The van der Waals surface area contributed by atoms with Gasteiger partial charge in [0.2, 0.25) is 0 Å². The van der Waals surface area contributed by atoms with Crippen LogP contribution in [0.4, 0.5) is 10.8 Å². The second kappa shape index (κ2) is 10.1. The number of anilines is 2. The number of hydrogen-bond acceptors (Lipinski definition) is 4. The molecule has 1 aromatic heterocycles. The Balaban J connectivity index is 1.43. The van der Waals surface area contributed by atoms with Crippen molar-refractivity contribution in [1.82, 2.24) is 4.98 Å². The lowest BCUT2D eigenvalue weighted by molar-refractivity contribution is 0.101. The van der Waals surface area contributed by atoms with Crippen LogP contribution in [0.1, 0.15) is 20.7 Å². The fourth-order valence-corrected chi connectivity index (χ4v) is 4.70. The number of carbonyl (C=O) groups is 2. The summed E-state index contributed by atoms with van der Waals surface area (Å²) in [5.74, 6) is -0.689. The summed E-state index contributed by atoms with van der Waals surface area (Å²) in [4.78, 5) is 29.3. The third-order valence-electron chi connectivity index (χ3n) is 4.41. The molecule has 0 aliphatic heterocycles. The van der Waals surface area contributed by atoms with Crippen molar-refractivity contribution in [3.8, 4) is 11.3 Å². The van der Waals surface area contributed by atoms with E-state index in [0.717, 1.165) is 5.56 Å². The summed E-state index contributed by atoms with van der Waals surface area (Å²) >= 11 is 25.1. The molecular weight excluding hydrogens is 524 g/mol. The average Bonchev–Trinajstić information content (AvgIpc) is 3.21. The molecule has 4 rings (SSSR count). The van der Waals surface area contributed by atoms with Crippen molar-refractivity contribution in [2.24, 2.45) is 0 Å². The molecule has 0 unspecified atom stereocenters. The van der Waals surface area contributed by atoms with Crippen molar-refractivity contribution in [3.63, 3.8) is 0 Å². The number of nitrogens with zero attached hydrogens (tertiary/aromatic N) is 1. The van der Waals surface area contributed by atoms with Gasteiger partial charge in [0.1, 0.15) is 0 Å². The number of thiazole rings is 1. The molecule has 0 bridgehead atoms. The molecule has 4 aromatic rings. The quantitative estimate of drug-likeness (QED) is 0.272. The highest BCUT2D eigenvalue weighted by Crippen LogP contribution is 2.27. The van der Waals surface area contributed by atoms with E-state index in [9.17, 15) is 9.59 Å². The molecule has 1 heterocycles. The summed E-state index contributed by atoms with van der Waals surface area (Å²) in [5.41, 5.74) is 2.80. The molecule has 0 aliphatic carbocycles. The standard InChI is InChI=1S/C23H13Cl4N3O2S/c24-15-5-13(6-16(25)9-15)21(31)28-19-3-1-12(2-4-19)20-11-33-23(29-20)30-22(32)14-7-17(26)10-18(27)8-14/h1-11H,(H,28,31)(H,29,30,32). The van der Waals surface area contributed by atoms with E-state index in [4.69, 9.17) is 46.4 Å². The average molecular weight is 537 g/mol. The smallest absolute Gasteiger partial charge is 0.257 e. The van der Waals surface area contributed by atoms with Crippen molar-refractivity contribution in [3.05, 3.63) is 97.3 Å². The molecule has 2 N–H and O–H groups in total. The van der Waals surface area contributed by atoms with Gasteiger partial charge in [0.25, 0.3) is 11.8 Å². The summed E-state index contributed by atoms with van der Waals surface area (Å²) in [6, 6.07) is 16.4. The van der Waals surface area contributed by atoms with Crippen molar-refractivity contribution >= 4 is 80.4 Å². The Kier molecular flexibility index (Phi) is 7.22. The van der Waals surface area contributed by atoms with Gasteiger partial charge < -0.3 is 5.32 Å². The molecule has 33 heavy (non-hydrogen) atoms. The molecule has 0 atom stereocenters. The number of amides is 2. The summed E-state index contributed by atoms with van der Waals surface area (Å²) in [5, 5.41) is 9.30. The van der Waals surface area contributed by atoms with E-state index in [1.165, 1.54) is 23.5 Å². The third-order valence-corrected chi connectivity index (χ3v) is 6.04. The summed E-state index contributed by atoms with van der Waals surface area (Å²) < 4.78 is 0. The maximum absolute atomic E-state index is 12.5. The lowest BCUT2D eigenvalue weighted by Crippen LogP contribution is -2.12. The van der Waals surface area contributed by atoms with Gasteiger partial charge in [-0.1, -0.05) is 58.5 Å². The Morgan fingerprint density at radius 3 is 1.70 bits per heavy atom. The third kappa shape index (κ3) is 6.05. The molecule has 10 heteroatoms. The van der Waals surface area contributed by atoms with E-state index >= 15 is 0 Å². The lowest BCUT2D eigenvalue weighted by Gasteiger charge is -2.07. The van der Waals surface area contributed by atoms with Gasteiger partial charge in [0.15, 0.2) is 5.13 Å². The number of nitrogens with one attached hydrogen (secondary N) is 2. The predicted octanol–water partition coefficient (Wildman–Crippen LogP) is 7.93. The predicted molar refractivity (Wildman–Crippen MR) is 136 cm³/mol. The SMILES string of the molecule is O=C(Nc1ccc(-c2csc(NC(=O)c3cc(Cl)cc(Cl)c3)n2)cc1)c1cc(Cl)cc(Cl)c1. The lowest BCUT2D eigenvalue weighted by atomic mass is 10.1. The number of benzene rings is 3. The van der Waals surface area contributed by atoms with E-state index in [-0.39, 0.29) is 11.8 Å².